The van der Waals surface area contributed by atoms with Gasteiger partial charge in [0, 0.05) is 12.7 Å². The van der Waals surface area contributed by atoms with Crippen molar-refractivity contribution in [3.63, 3.8) is 0 Å². The molecule has 0 aliphatic carbocycles. The number of halogens is 1. The van der Waals surface area contributed by atoms with Crippen LogP contribution in [0.1, 0.15) is 16.8 Å². The van der Waals surface area contributed by atoms with Crippen LogP contribution in [0.4, 0.5) is 4.39 Å². The molecule has 5 nitrogen and oxygen atoms in total. The van der Waals surface area contributed by atoms with Gasteiger partial charge in [0.05, 0.1) is 12.2 Å². The molecule has 0 spiro atoms. The summed E-state index contributed by atoms with van der Waals surface area (Å²) in [5.74, 6) is -0.808. The summed E-state index contributed by atoms with van der Waals surface area (Å²) < 4.78 is 40.5. The SMILES string of the molecule is Cc1cccnc1CNS(=O)(=O)c1cc(CN)ccc1F. The molecule has 0 radical (unpaired) electrons. The molecule has 1 aromatic heterocycles. The highest BCUT2D eigenvalue weighted by molar-refractivity contribution is 7.89. The van der Waals surface area contributed by atoms with Gasteiger partial charge in [-0.1, -0.05) is 12.1 Å². The van der Waals surface area contributed by atoms with E-state index in [9.17, 15) is 12.8 Å². The molecule has 1 heterocycles. The number of hydrogen-bond acceptors (Lipinski definition) is 4. The fraction of sp³-hybridized carbons (Fsp3) is 0.214. The predicted octanol–water partition coefficient (Wildman–Crippen LogP) is 1.47. The Hall–Kier alpha value is -1.83. The van der Waals surface area contributed by atoms with Crippen molar-refractivity contribution >= 4 is 10.0 Å². The second kappa shape index (κ2) is 6.30. The van der Waals surface area contributed by atoms with Gasteiger partial charge in [-0.2, -0.15) is 0 Å². The monoisotopic (exact) mass is 309 g/mol. The van der Waals surface area contributed by atoms with Crippen molar-refractivity contribution in [2.24, 2.45) is 5.73 Å². The lowest BCUT2D eigenvalue weighted by atomic mass is 10.2. The Balaban J connectivity index is 2.25. The number of nitrogens with zero attached hydrogens (tertiary/aromatic N) is 1. The Bertz CT molecular complexity index is 748. The van der Waals surface area contributed by atoms with Crippen molar-refractivity contribution in [3.8, 4) is 0 Å². The Morgan fingerprint density at radius 1 is 1.33 bits per heavy atom. The highest BCUT2D eigenvalue weighted by Crippen LogP contribution is 2.16. The summed E-state index contributed by atoms with van der Waals surface area (Å²) in [6.07, 6.45) is 1.58. The summed E-state index contributed by atoms with van der Waals surface area (Å²) in [5.41, 5.74) is 7.45. The van der Waals surface area contributed by atoms with Crippen LogP contribution in [0.3, 0.4) is 0 Å². The minimum absolute atomic E-state index is 0.00129. The molecule has 0 aliphatic rings. The van der Waals surface area contributed by atoms with Gasteiger partial charge in [-0.3, -0.25) is 4.98 Å². The van der Waals surface area contributed by atoms with Gasteiger partial charge < -0.3 is 5.73 Å². The Labute approximate surface area is 123 Å². The smallest absolute Gasteiger partial charge is 0.243 e. The van der Waals surface area contributed by atoms with Crippen LogP contribution < -0.4 is 10.5 Å². The van der Waals surface area contributed by atoms with Gasteiger partial charge in [-0.15, -0.1) is 0 Å². The van der Waals surface area contributed by atoms with Gasteiger partial charge in [-0.05, 0) is 36.2 Å². The normalized spacial score (nSPS) is 11.6. The van der Waals surface area contributed by atoms with E-state index in [-0.39, 0.29) is 13.1 Å². The standard InChI is InChI=1S/C14H16FN3O2S/c1-10-3-2-6-17-13(10)9-18-21(19,20)14-7-11(8-16)4-5-12(14)15/h2-7,18H,8-9,16H2,1H3. The molecule has 2 aromatic rings. The van der Waals surface area contributed by atoms with Crippen molar-refractivity contribution in [2.75, 3.05) is 0 Å². The van der Waals surface area contributed by atoms with Gasteiger partial charge in [-0.25, -0.2) is 17.5 Å². The third kappa shape index (κ3) is 3.63. The molecule has 112 valence electrons. The molecule has 0 atom stereocenters. The van der Waals surface area contributed by atoms with Crippen LogP contribution in [0.5, 0.6) is 0 Å². The van der Waals surface area contributed by atoms with E-state index in [1.54, 1.807) is 12.3 Å². The van der Waals surface area contributed by atoms with Crippen molar-refractivity contribution in [2.45, 2.75) is 24.9 Å². The quantitative estimate of drug-likeness (QED) is 0.876. The van der Waals surface area contributed by atoms with Gasteiger partial charge in [0.15, 0.2) is 0 Å². The first kappa shape index (κ1) is 15.6. The maximum Gasteiger partial charge on any atom is 0.243 e. The van der Waals surface area contributed by atoms with Gasteiger partial charge in [0.25, 0.3) is 0 Å². The number of sulfonamides is 1. The number of rotatable bonds is 5. The summed E-state index contributed by atoms with van der Waals surface area (Å²) >= 11 is 0. The van der Waals surface area contributed by atoms with E-state index in [0.29, 0.717) is 11.3 Å². The van der Waals surface area contributed by atoms with E-state index in [1.165, 1.54) is 12.1 Å². The molecule has 0 saturated heterocycles. The first-order valence-corrected chi connectivity index (χ1v) is 7.81. The van der Waals surface area contributed by atoms with E-state index < -0.39 is 20.7 Å². The lowest BCUT2D eigenvalue weighted by Crippen LogP contribution is -2.25. The van der Waals surface area contributed by atoms with Crippen LogP contribution in [0.2, 0.25) is 0 Å². The maximum atomic E-state index is 13.7. The maximum absolute atomic E-state index is 13.7. The van der Waals surface area contributed by atoms with Crippen molar-refractivity contribution < 1.29 is 12.8 Å². The number of aromatic nitrogens is 1. The lowest BCUT2D eigenvalue weighted by Gasteiger charge is -2.10. The van der Waals surface area contributed by atoms with Gasteiger partial charge >= 0.3 is 0 Å². The molecule has 2 rings (SSSR count). The summed E-state index contributed by atoms with van der Waals surface area (Å²) in [6, 6.07) is 7.38. The zero-order chi connectivity index (χ0) is 15.5. The molecule has 0 aliphatic heterocycles. The number of aryl methyl sites for hydroxylation is 1. The molecule has 0 amide bonds. The van der Waals surface area contributed by atoms with Crippen LogP contribution in [0.15, 0.2) is 41.4 Å². The second-order valence-electron chi connectivity index (χ2n) is 4.56. The van der Waals surface area contributed by atoms with Crippen LogP contribution >= 0.6 is 0 Å². The van der Waals surface area contributed by atoms with Crippen LogP contribution in [0, 0.1) is 12.7 Å². The molecule has 0 fully saturated rings. The number of hydrogen-bond donors (Lipinski definition) is 2. The molecule has 0 unspecified atom stereocenters. The minimum atomic E-state index is -3.96. The molecule has 21 heavy (non-hydrogen) atoms. The molecule has 1 aromatic carbocycles. The third-order valence-corrected chi connectivity index (χ3v) is 4.48. The van der Waals surface area contributed by atoms with E-state index in [2.05, 4.69) is 9.71 Å². The van der Waals surface area contributed by atoms with E-state index >= 15 is 0 Å². The fourth-order valence-corrected chi connectivity index (χ4v) is 2.94. The Morgan fingerprint density at radius 3 is 2.76 bits per heavy atom. The number of benzene rings is 1. The zero-order valence-electron chi connectivity index (χ0n) is 11.5. The zero-order valence-corrected chi connectivity index (χ0v) is 12.3. The van der Waals surface area contributed by atoms with Crippen molar-refractivity contribution in [3.05, 3.63) is 59.2 Å². The number of nitrogens with one attached hydrogen (secondary N) is 1. The first-order chi connectivity index (χ1) is 9.94. The van der Waals surface area contributed by atoms with Crippen LogP contribution in [0.25, 0.3) is 0 Å². The summed E-state index contributed by atoms with van der Waals surface area (Å²) in [5, 5.41) is 0. The molecule has 3 N–H and O–H groups in total. The van der Waals surface area contributed by atoms with Crippen molar-refractivity contribution in [1.82, 2.24) is 9.71 Å². The second-order valence-corrected chi connectivity index (χ2v) is 6.30. The largest absolute Gasteiger partial charge is 0.326 e. The average molecular weight is 309 g/mol. The number of pyridine rings is 1. The highest BCUT2D eigenvalue weighted by Gasteiger charge is 2.19. The van der Waals surface area contributed by atoms with E-state index in [0.717, 1.165) is 11.6 Å². The fourth-order valence-electron chi connectivity index (χ4n) is 1.83. The summed E-state index contributed by atoms with van der Waals surface area (Å²) in [7, 11) is -3.96. The van der Waals surface area contributed by atoms with E-state index in [1.807, 2.05) is 13.0 Å². The van der Waals surface area contributed by atoms with Gasteiger partial charge in [0.2, 0.25) is 10.0 Å². The van der Waals surface area contributed by atoms with E-state index in [4.69, 9.17) is 5.73 Å². The lowest BCUT2D eigenvalue weighted by molar-refractivity contribution is 0.555. The third-order valence-electron chi connectivity index (χ3n) is 3.07. The topological polar surface area (TPSA) is 85.1 Å². The molecule has 7 heteroatoms. The van der Waals surface area contributed by atoms with Crippen LogP contribution in [-0.4, -0.2) is 13.4 Å². The molecule has 0 saturated carbocycles. The first-order valence-electron chi connectivity index (χ1n) is 6.32. The van der Waals surface area contributed by atoms with Crippen LogP contribution in [-0.2, 0) is 23.1 Å². The molecular weight excluding hydrogens is 293 g/mol. The summed E-state index contributed by atoms with van der Waals surface area (Å²) in [6.45, 7) is 1.97. The molecular formula is C14H16FN3O2S. The molecule has 0 bridgehead atoms. The Morgan fingerprint density at radius 2 is 2.10 bits per heavy atom. The highest BCUT2D eigenvalue weighted by atomic mass is 32.2. The average Bonchev–Trinajstić information content (AvgIpc) is 2.47. The summed E-state index contributed by atoms with van der Waals surface area (Å²) in [4.78, 5) is 3.69. The minimum Gasteiger partial charge on any atom is -0.326 e. The van der Waals surface area contributed by atoms with Crippen molar-refractivity contribution in [1.29, 1.82) is 0 Å². The Kier molecular flexibility index (Phi) is 4.66. The number of nitrogens with two attached hydrogens (primary N) is 1. The predicted molar refractivity (Wildman–Crippen MR) is 77.3 cm³/mol. The van der Waals surface area contributed by atoms with Gasteiger partial charge in [0.1, 0.15) is 10.7 Å².